The lowest BCUT2D eigenvalue weighted by atomic mass is 10.0. The number of carbonyl (C=O) groups excluding carboxylic acids is 2. The molecule has 0 unspecified atom stereocenters. The van der Waals surface area contributed by atoms with Crippen molar-refractivity contribution in [3.8, 4) is 5.75 Å². The molecule has 2 aromatic rings. The van der Waals surface area contributed by atoms with E-state index in [9.17, 15) is 9.59 Å². The number of hydrogen-bond acceptors (Lipinski definition) is 5. The summed E-state index contributed by atoms with van der Waals surface area (Å²) in [6, 6.07) is 7.76. The molecule has 3 heterocycles. The van der Waals surface area contributed by atoms with E-state index in [1.54, 1.807) is 4.90 Å². The number of anilines is 1. The summed E-state index contributed by atoms with van der Waals surface area (Å²) in [6.45, 7) is 1.32. The Kier molecular flexibility index (Phi) is 4.40. The second kappa shape index (κ2) is 6.84. The number of thiazole rings is 1. The molecule has 0 spiro atoms. The molecule has 1 fully saturated rings. The van der Waals surface area contributed by atoms with Crippen LogP contribution in [-0.4, -0.2) is 29.9 Å². The van der Waals surface area contributed by atoms with Crippen LogP contribution in [0, 0.1) is 0 Å². The largest absolute Gasteiger partial charge is 0.493 e. The number of aromatic nitrogens is 1. The van der Waals surface area contributed by atoms with Crippen LogP contribution in [0.2, 0.25) is 0 Å². The first kappa shape index (κ1) is 16.1. The third-order valence-corrected chi connectivity index (χ3v) is 5.39. The van der Waals surface area contributed by atoms with Crippen molar-refractivity contribution in [2.24, 2.45) is 0 Å². The zero-order valence-corrected chi connectivity index (χ0v) is 14.6. The third-order valence-electron chi connectivity index (χ3n) is 4.48. The number of nitrogens with one attached hydrogen (secondary N) is 1. The zero-order valence-electron chi connectivity index (χ0n) is 13.7. The Labute approximate surface area is 149 Å². The van der Waals surface area contributed by atoms with E-state index in [4.69, 9.17) is 4.74 Å². The fourth-order valence-electron chi connectivity index (χ4n) is 3.25. The van der Waals surface area contributed by atoms with Crippen molar-refractivity contribution < 1.29 is 14.3 Å². The van der Waals surface area contributed by atoms with Crippen LogP contribution in [0.4, 0.5) is 5.13 Å². The Balaban J connectivity index is 1.40. The minimum Gasteiger partial charge on any atom is -0.493 e. The number of para-hydroxylation sites is 1. The van der Waals surface area contributed by atoms with Gasteiger partial charge in [0, 0.05) is 30.3 Å². The number of ether oxygens (including phenoxy) is 1. The Hall–Kier alpha value is -2.41. The van der Waals surface area contributed by atoms with Gasteiger partial charge < -0.3 is 10.1 Å². The monoisotopic (exact) mass is 357 g/mol. The van der Waals surface area contributed by atoms with E-state index in [-0.39, 0.29) is 24.3 Å². The fourth-order valence-corrected chi connectivity index (χ4v) is 4.12. The highest BCUT2D eigenvalue weighted by Gasteiger charge is 2.25. The van der Waals surface area contributed by atoms with E-state index in [1.807, 2.05) is 29.6 Å². The van der Waals surface area contributed by atoms with Gasteiger partial charge in [0.1, 0.15) is 5.75 Å². The highest BCUT2D eigenvalue weighted by atomic mass is 32.1. The Bertz CT molecular complexity index is 804. The molecule has 1 aromatic carbocycles. The van der Waals surface area contributed by atoms with Crippen LogP contribution < -0.4 is 15.0 Å². The smallest absolute Gasteiger partial charge is 0.228 e. The van der Waals surface area contributed by atoms with Gasteiger partial charge in [-0.1, -0.05) is 18.2 Å². The number of benzene rings is 1. The number of amides is 2. The Morgan fingerprint density at radius 3 is 3.12 bits per heavy atom. The summed E-state index contributed by atoms with van der Waals surface area (Å²) in [4.78, 5) is 30.4. The van der Waals surface area contributed by atoms with E-state index < -0.39 is 0 Å². The number of hydrogen-bond donors (Lipinski definition) is 1. The molecule has 130 valence electrons. The van der Waals surface area contributed by atoms with Crippen molar-refractivity contribution in [3.63, 3.8) is 0 Å². The minimum absolute atomic E-state index is 0.0317. The van der Waals surface area contributed by atoms with E-state index in [1.165, 1.54) is 11.3 Å². The zero-order chi connectivity index (χ0) is 17.2. The third kappa shape index (κ3) is 3.37. The maximum Gasteiger partial charge on any atom is 0.228 e. The second-order valence-corrected chi connectivity index (χ2v) is 7.08. The van der Waals surface area contributed by atoms with Gasteiger partial charge in [-0.25, -0.2) is 4.98 Å². The normalized spacial score (nSPS) is 19.4. The van der Waals surface area contributed by atoms with E-state index in [0.29, 0.717) is 23.9 Å². The molecule has 6 nitrogen and oxygen atoms in total. The van der Waals surface area contributed by atoms with Crippen molar-refractivity contribution in [1.29, 1.82) is 0 Å². The van der Waals surface area contributed by atoms with E-state index in [2.05, 4.69) is 10.3 Å². The SMILES string of the molecule is O=C(Cc1csc(N2CCCC2=O)n1)N[C@H]1CCOc2ccccc21. The second-order valence-electron chi connectivity index (χ2n) is 6.24. The quantitative estimate of drug-likeness (QED) is 0.912. The van der Waals surface area contributed by atoms with Crippen molar-refractivity contribution in [2.75, 3.05) is 18.1 Å². The summed E-state index contributed by atoms with van der Waals surface area (Å²) in [7, 11) is 0. The van der Waals surface area contributed by atoms with Gasteiger partial charge in [-0.2, -0.15) is 0 Å². The predicted octanol–water partition coefficient (Wildman–Crippen LogP) is 2.45. The first-order valence-electron chi connectivity index (χ1n) is 8.46. The molecule has 1 saturated heterocycles. The van der Waals surface area contributed by atoms with Crippen molar-refractivity contribution in [3.05, 3.63) is 40.9 Å². The van der Waals surface area contributed by atoms with Crippen LogP contribution in [0.15, 0.2) is 29.6 Å². The maximum absolute atomic E-state index is 12.4. The highest BCUT2D eigenvalue weighted by Crippen LogP contribution is 2.31. The molecule has 2 aliphatic rings. The van der Waals surface area contributed by atoms with Gasteiger partial charge in [-0.15, -0.1) is 11.3 Å². The standard InChI is InChI=1S/C18H19N3O3S/c22-16(20-14-7-9-24-15-5-2-1-4-13(14)15)10-12-11-25-18(19-12)21-8-3-6-17(21)23/h1-2,4-5,11,14H,3,6-10H2,(H,20,22)/t14-/m0/s1. The van der Waals surface area contributed by atoms with Crippen molar-refractivity contribution >= 4 is 28.3 Å². The van der Waals surface area contributed by atoms with Gasteiger partial charge in [0.05, 0.1) is 24.8 Å². The Morgan fingerprint density at radius 1 is 1.40 bits per heavy atom. The van der Waals surface area contributed by atoms with Gasteiger partial charge in [-0.3, -0.25) is 14.5 Å². The van der Waals surface area contributed by atoms with Gasteiger partial charge in [0.15, 0.2) is 5.13 Å². The topological polar surface area (TPSA) is 71.5 Å². The lowest BCUT2D eigenvalue weighted by Gasteiger charge is -2.26. The van der Waals surface area contributed by atoms with Gasteiger partial charge in [-0.05, 0) is 12.5 Å². The molecule has 1 N–H and O–H groups in total. The highest BCUT2D eigenvalue weighted by molar-refractivity contribution is 7.14. The number of nitrogens with zero attached hydrogens (tertiary/aromatic N) is 2. The predicted molar refractivity (Wildman–Crippen MR) is 94.8 cm³/mol. The molecule has 2 aliphatic heterocycles. The summed E-state index contributed by atoms with van der Waals surface area (Å²) < 4.78 is 5.62. The lowest BCUT2D eigenvalue weighted by Crippen LogP contribution is -2.33. The fraction of sp³-hybridized carbons (Fsp3) is 0.389. The molecule has 0 radical (unpaired) electrons. The van der Waals surface area contributed by atoms with Crippen LogP contribution in [0.25, 0.3) is 0 Å². The van der Waals surface area contributed by atoms with Gasteiger partial charge >= 0.3 is 0 Å². The summed E-state index contributed by atoms with van der Waals surface area (Å²) >= 11 is 1.42. The van der Waals surface area contributed by atoms with Gasteiger partial charge in [0.25, 0.3) is 0 Å². The van der Waals surface area contributed by atoms with Crippen LogP contribution in [0.5, 0.6) is 5.75 Å². The van der Waals surface area contributed by atoms with E-state index in [0.717, 1.165) is 30.7 Å². The molecule has 2 amide bonds. The first-order valence-corrected chi connectivity index (χ1v) is 9.34. The molecular weight excluding hydrogens is 338 g/mol. The van der Waals surface area contributed by atoms with Crippen molar-refractivity contribution in [2.45, 2.75) is 31.7 Å². The average Bonchev–Trinajstić information content (AvgIpc) is 3.24. The molecule has 4 rings (SSSR count). The van der Waals surface area contributed by atoms with Crippen molar-refractivity contribution in [1.82, 2.24) is 10.3 Å². The summed E-state index contributed by atoms with van der Waals surface area (Å²) in [5, 5.41) is 5.63. The van der Waals surface area contributed by atoms with Crippen LogP contribution >= 0.6 is 11.3 Å². The molecule has 0 bridgehead atoms. The number of fused-ring (bicyclic) bond motifs is 1. The summed E-state index contributed by atoms with van der Waals surface area (Å²) in [6.07, 6.45) is 2.43. The lowest BCUT2D eigenvalue weighted by molar-refractivity contribution is -0.121. The molecule has 0 saturated carbocycles. The van der Waals surface area contributed by atoms with Crippen LogP contribution in [0.1, 0.15) is 36.6 Å². The number of carbonyl (C=O) groups is 2. The molecular formula is C18H19N3O3S. The maximum atomic E-state index is 12.4. The van der Waals surface area contributed by atoms with E-state index >= 15 is 0 Å². The average molecular weight is 357 g/mol. The molecule has 1 aromatic heterocycles. The minimum atomic E-state index is -0.0636. The molecule has 0 aliphatic carbocycles. The van der Waals surface area contributed by atoms with Crippen LogP contribution in [-0.2, 0) is 16.0 Å². The van der Waals surface area contributed by atoms with Crippen LogP contribution in [0.3, 0.4) is 0 Å². The summed E-state index contributed by atoms with van der Waals surface area (Å²) in [5.41, 5.74) is 1.72. The molecule has 1 atom stereocenters. The summed E-state index contributed by atoms with van der Waals surface area (Å²) in [5.74, 6) is 0.887. The molecule has 7 heteroatoms. The first-order chi connectivity index (χ1) is 12.2. The van der Waals surface area contributed by atoms with Gasteiger partial charge in [0.2, 0.25) is 11.8 Å². The molecule has 25 heavy (non-hydrogen) atoms. The Morgan fingerprint density at radius 2 is 2.28 bits per heavy atom. The number of rotatable bonds is 4.